The second kappa shape index (κ2) is 8.03. The van der Waals surface area contributed by atoms with Gasteiger partial charge in [-0.15, -0.1) is 0 Å². The van der Waals surface area contributed by atoms with E-state index in [1.165, 1.54) is 28.6 Å². The molecule has 150 valence electrons. The van der Waals surface area contributed by atoms with Crippen molar-refractivity contribution in [1.82, 2.24) is 4.31 Å². The molecule has 2 aromatic carbocycles. The number of hydrogen-bond donors (Lipinski definition) is 0. The molecular formula is C21H25NO5S. The Hall–Kier alpha value is -2.22. The number of carbonyl (C=O) groups excluding carboxylic acids is 1. The molecule has 1 aliphatic rings. The molecule has 0 bridgehead atoms. The molecule has 0 saturated carbocycles. The summed E-state index contributed by atoms with van der Waals surface area (Å²) in [4.78, 5) is 12.5. The average molecular weight is 404 g/mol. The molecule has 0 unspecified atom stereocenters. The lowest BCUT2D eigenvalue weighted by atomic mass is 10.1. The third kappa shape index (κ3) is 4.43. The van der Waals surface area contributed by atoms with Crippen LogP contribution in [0.2, 0.25) is 0 Å². The molecule has 1 saturated heterocycles. The Kier molecular flexibility index (Phi) is 5.88. The maximum absolute atomic E-state index is 12.9. The van der Waals surface area contributed by atoms with Gasteiger partial charge < -0.3 is 9.47 Å². The van der Waals surface area contributed by atoms with Crippen molar-refractivity contribution in [3.05, 3.63) is 59.2 Å². The van der Waals surface area contributed by atoms with Crippen molar-refractivity contribution >= 4 is 16.0 Å². The van der Waals surface area contributed by atoms with E-state index in [1.807, 2.05) is 33.8 Å². The molecule has 0 radical (unpaired) electrons. The topological polar surface area (TPSA) is 72.9 Å². The zero-order chi connectivity index (χ0) is 20.5. The molecule has 2 aromatic rings. The Morgan fingerprint density at radius 1 is 1.00 bits per heavy atom. The first-order valence-corrected chi connectivity index (χ1v) is 10.7. The van der Waals surface area contributed by atoms with E-state index in [4.69, 9.17) is 9.47 Å². The van der Waals surface area contributed by atoms with Gasteiger partial charge in [0.2, 0.25) is 10.0 Å². The molecule has 0 aromatic heterocycles. The van der Waals surface area contributed by atoms with Crippen molar-refractivity contribution in [2.24, 2.45) is 0 Å². The molecule has 2 atom stereocenters. The van der Waals surface area contributed by atoms with Crippen molar-refractivity contribution in [2.45, 2.75) is 44.8 Å². The minimum Gasteiger partial charge on any atom is -0.423 e. The van der Waals surface area contributed by atoms with E-state index in [0.29, 0.717) is 24.4 Å². The Bertz CT molecular complexity index is 959. The molecular weight excluding hydrogens is 378 g/mol. The summed E-state index contributed by atoms with van der Waals surface area (Å²) in [5, 5.41) is 0. The fourth-order valence-electron chi connectivity index (χ4n) is 3.18. The van der Waals surface area contributed by atoms with Gasteiger partial charge in [-0.25, -0.2) is 13.2 Å². The van der Waals surface area contributed by atoms with Crippen LogP contribution < -0.4 is 4.74 Å². The van der Waals surface area contributed by atoms with Crippen LogP contribution in [0, 0.1) is 13.8 Å². The number of nitrogens with zero attached hydrogens (tertiary/aromatic N) is 1. The van der Waals surface area contributed by atoms with Crippen molar-refractivity contribution in [2.75, 3.05) is 13.1 Å². The van der Waals surface area contributed by atoms with Gasteiger partial charge in [0.25, 0.3) is 0 Å². The number of sulfonamides is 1. The molecule has 1 heterocycles. The van der Waals surface area contributed by atoms with Gasteiger partial charge in [-0.3, -0.25) is 0 Å². The number of ether oxygens (including phenoxy) is 2. The molecule has 3 rings (SSSR count). The van der Waals surface area contributed by atoms with Gasteiger partial charge in [0.15, 0.2) is 0 Å². The largest absolute Gasteiger partial charge is 0.423 e. The average Bonchev–Trinajstić information content (AvgIpc) is 2.64. The lowest BCUT2D eigenvalue weighted by molar-refractivity contribution is -0.0440. The van der Waals surface area contributed by atoms with E-state index < -0.39 is 16.0 Å². The third-order valence-electron chi connectivity index (χ3n) is 4.80. The normalized spacial score (nSPS) is 20.7. The Labute approximate surface area is 166 Å². The molecule has 1 aliphatic heterocycles. The van der Waals surface area contributed by atoms with Gasteiger partial charge in [-0.2, -0.15) is 4.31 Å². The van der Waals surface area contributed by atoms with Crippen LogP contribution in [0.4, 0.5) is 0 Å². The second-order valence-corrected chi connectivity index (χ2v) is 9.18. The highest BCUT2D eigenvalue weighted by Crippen LogP contribution is 2.22. The van der Waals surface area contributed by atoms with Gasteiger partial charge in [0.05, 0.1) is 22.7 Å². The van der Waals surface area contributed by atoms with E-state index in [2.05, 4.69) is 0 Å². The number of rotatable bonds is 4. The number of morpholine rings is 1. The molecule has 7 heteroatoms. The van der Waals surface area contributed by atoms with Gasteiger partial charge in [0, 0.05) is 13.1 Å². The summed E-state index contributed by atoms with van der Waals surface area (Å²) in [5.41, 5.74) is 2.43. The van der Waals surface area contributed by atoms with Gasteiger partial charge in [0.1, 0.15) is 5.75 Å². The maximum atomic E-state index is 12.9. The van der Waals surface area contributed by atoms with Crippen molar-refractivity contribution < 1.29 is 22.7 Å². The van der Waals surface area contributed by atoms with Crippen LogP contribution >= 0.6 is 0 Å². The van der Waals surface area contributed by atoms with Crippen LogP contribution in [0.15, 0.2) is 47.4 Å². The van der Waals surface area contributed by atoms with Crippen LogP contribution in [-0.4, -0.2) is 44.0 Å². The minimum atomic E-state index is -3.64. The van der Waals surface area contributed by atoms with Crippen LogP contribution in [0.1, 0.15) is 35.3 Å². The number of carbonyl (C=O) groups is 1. The van der Waals surface area contributed by atoms with Crippen LogP contribution in [0.25, 0.3) is 0 Å². The number of hydrogen-bond acceptors (Lipinski definition) is 5. The highest BCUT2D eigenvalue weighted by molar-refractivity contribution is 7.89. The van der Waals surface area contributed by atoms with E-state index in [0.717, 1.165) is 11.1 Å². The molecule has 1 fully saturated rings. The first-order valence-electron chi connectivity index (χ1n) is 9.22. The third-order valence-corrected chi connectivity index (χ3v) is 6.65. The first-order chi connectivity index (χ1) is 13.2. The molecule has 0 amide bonds. The zero-order valence-electron chi connectivity index (χ0n) is 16.5. The van der Waals surface area contributed by atoms with Gasteiger partial charge in [-0.05, 0) is 75.2 Å². The summed E-state index contributed by atoms with van der Waals surface area (Å²) in [5.74, 6) is -0.0677. The van der Waals surface area contributed by atoms with E-state index in [-0.39, 0.29) is 17.1 Å². The minimum absolute atomic E-state index is 0.150. The summed E-state index contributed by atoms with van der Waals surface area (Å²) in [6.07, 6.45) is -0.323. The highest BCUT2D eigenvalue weighted by atomic mass is 32.2. The summed E-state index contributed by atoms with van der Waals surface area (Å²) in [6, 6.07) is 11.3. The SMILES string of the molecule is Cc1ccc(OC(=O)c2ccc(S(=O)(=O)N3C[C@@H](C)O[C@H](C)C3)cc2)cc1C. The highest BCUT2D eigenvalue weighted by Gasteiger charge is 2.32. The fourth-order valence-corrected chi connectivity index (χ4v) is 4.77. The summed E-state index contributed by atoms with van der Waals surface area (Å²) >= 11 is 0. The molecule has 0 spiro atoms. The monoisotopic (exact) mass is 403 g/mol. The first kappa shape index (κ1) is 20.5. The molecule has 28 heavy (non-hydrogen) atoms. The van der Waals surface area contributed by atoms with Crippen molar-refractivity contribution in [3.8, 4) is 5.75 Å². The van der Waals surface area contributed by atoms with E-state index >= 15 is 0 Å². The summed E-state index contributed by atoms with van der Waals surface area (Å²) in [7, 11) is -3.64. The van der Waals surface area contributed by atoms with Gasteiger partial charge in [-0.1, -0.05) is 6.07 Å². The van der Waals surface area contributed by atoms with E-state index in [1.54, 1.807) is 12.1 Å². The predicted molar refractivity (Wildman–Crippen MR) is 106 cm³/mol. The summed E-state index contributed by atoms with van der Waals surface area (Å²) in [6.45, 7) is 8.25. The number of esters is 1. The second-order valence-electron chi connectivity index (χ2n) is 7.24. The predicted octanol–water partition coefficient (Wildman–Crippen LogP) is 3.32. The van der Waals surface area contributed by atoms with Crippen molar-refractivity contribution in [1.29, 1.82) is 0 Å². The Morgan fingerprint density at radius 3 is 2.18 bits per heavy atom. The number of aryl methyl sites for hydroxylation is 2. The van der Waals surface area contributed by atoms with Gasteiger partial charge >= 0.3 is 5.97 Å². The lowest BCUT2D eigenvalue weighted by Crippen LogP contribution is -2.48. The quantitative estimate of drug-likeness (QED) is 0.578. The Balaban J connectivity index is 1.75. The van der Waals surface area contributed by atoms with Crippen LogP contribution in [0.5, 0.6) is 5.75 Å². The zero-order valence-corrected chi connectivity index (χ0v) is 17.3. The summed E-state index contributed by atoms with van der Waals surface area (Å²) < 4.78 is 38.2. The van der Waals surface area contributed by atoms with Crippen molar-refractivity contribution in [3.63, 3.8) is 0 Å². The lowest BCUT2D eigenvalue weighted by Gasteiger charge is -2.34. The molecule has 0 N–H and O–H groups in total. The molecule has 6 nitrogen and oxygen atoms in total. The smallest absolute Gasteiger partial charge is 0.343 e. The number of benzene rings is 2. The maximum Gasteiger partial charge on any atom is 0.343 e. The fraction of sp³-hybridized carbons (Fsp3) is 0.381. The van der Waals surface area contributed by atoms with E-state index in [9.17, 15) is 13.2 Å². The standard InChI is InChI=1S/C21H25NO5S/c1-14-5-8-19(11-15(14)2)27-21(23)18-6-9-20(10-7-18)28(24,25)22-12-16(3)26-17(4)13-22/h5-11,16-17H,12-13H2,1-4H3/t16-,17-/m1/s1. The Morgan fingerprint density at radius 2 is 1.61 bits per heavy atom. The van der Waals surface area contributed by atoms with Crippen LogP contribution in [0.3, 0.4) is 0 Å². The molecule has 0 aliphatic carbocycles. The van der Waals surface area contributed by atoms with Crippen LogP contribution in [-0.2, 0) is 14.8 Å².